The van der Waals surface area contributed by atoms with Crippen LogP contribution in [0.1, 0.15) is 19.8 Å². The Morgan fingerprint density at radius 3 is 2.36 bits per heavy atom. The molecule has 0 rings (SSSR count). The van der Waals surface area contributed by atoms with E-state index in [9.17, 15) is 13.2 Å². The summed E-state index contributed by atoms with van der Waals surface area (Å²) >= 11 is 0. The number of hydrogen-bond donors (Lipinski definition) is 0. The third kappa shape index (κ3) is 3.44. The predicted octanol–water partition coefficient (Wildman–Crippen LogP) is 3.15. The first-order valence-corrected chi connectivity index (χ1v) is 3.54. The maximum Gasteiger partial charge on any atom is 0.126 e. The zero-order chi connectivity index (χ0) is 8.85. The van der Waals surface area contributed by atoms with Gasteiger partial charge in [-0.05, 0) is 12.0 Å². The molecule has 0 aliphatic rings. The molecule has 0 bridgehead atoms. The molecule has 1 atom stereocenters. The minimum Gasteiger partial charge on any atom is -0.251 e. The molecular formula is C8H12F3. The average molecular weight is 165 g/mol. The van der Waals surface area contributed by atoms with Gasteiger partial charge in [0.1, 0.15) is 12.0 Å². The predicted molar refractivity (Wildman–Crippen MR) is 39.3 cm³/mol. The van der Waals surface area contributed by atoms with Crippen LogP contribution in [0, 0.1) is 6.92 Å². The maximum absolute atomic E-state index is 12.7. The molecule has 0 amide bonds. The fourth-order valence-corrected chi connectivity index (χ4v) is 0.853. The molecule has 0 aliphatic carbocycles. The highest BCUT2D eigenvalue weighted by atomic mass is 19.1. The summed E-state index contributed by atoms with van der Waals surface area (Å²) in [5, 5.41) is 0. The lowest BCUT2D eigenvalue weighted by Crippen LogP contribution is -2.06. The third-order valence-electron chi connectivity index (χ3n) is 1.47. The Hall–Kier alpha value is -0.470. The third-order valence-corrected chi connectivity index (χ3v) is 1.47. The van der Waals surface area contributed by atoms with Crippen molar-refractivity contribution in [3.63, 3.8) is 0 Å². The fraction of sp³-hybridized carbons (Fsp3) is 0.625. The van der Waals surface area contributed by atoms with Gasteiger partial charge in [0, 0.05) is 13.3 Å². The van der Waals surface area contributed by atoms with Crippen molar-refractivity contribution < 1.29 is 13.2 Å². The first-order chi connectivity index (χ1) is 5.13. The minimum atomic E-state index is -1.51. The zero-order valence-corrected chi connectivity index (χ0v) is 6.54. The van der Waals surface area contributed by atoms with Crippen molar-refractivity contribution in [1.82, 2.24) is 0 Å². The normalized spacial score (nSPS) is 16.1. The molecule has 1 unspecified atom stereocenters. The molecule has 11 heavy (non-hydrogen) atoms. The standard InChI is InChI=1S/C8H12F3/c1-3-7(6(2)10)8(11)4-5-9/h8H,2-5H2,1H3/b7-6-. The van der Waals surface area contributed by atoms with Crippen molar-refractivity contribution in [1.29, 1.82) is 0 Å². The monoisotopic (exact) mass is 165 g/mol. The number of allylic oxidation sites excluding steroid dienone is 2. The van der Waals surface area contributed by atoms with Crippen LogP contribution in [0.4, 0.5) is 13.2 Å². The van der Waals surface area contributed by atoms with Crippen molar-refractivity contribution in [3.8, 4) is 0 Å². The molecule has 65 valence electrons. The maximum atomic E-state index is 12.7. The van der Waals surface area contributed by atoms with Crippen LogP contribution in [0.15, 0.2) is 11.4 Å². The van der Waals surface area contributed by atoms with Crippen molar-refractivity contribution in [2.75, 3.05) is 6.67 Å². The van der Waals surface area contributed by atoms with E-state index in [1.165, 1.54) is 0 Å². The Morgan fingerprint density at radius 2 is 2.09 bits per heavy atom. The highest BCUT2D eigenvalue weighted by molar-refractivity contribution is 5.14. The molecule has 1 radical (unpaired) electrons. The summed E-state index contributed by atoms with van der Waals surface area (Å²) in [6.07, 6.45) is -1.54. The molecule has 0 nitrogen and oxygen atoms in total. The quantitative estimate of drug-likeness (QED) is 0.600. The number of hydrogen-bond acceptors (Lipinski definition) is 0. The molecular weight excluding hydrogens is 153 g/mol. The molecule has 0 spiro atoms. The van der Waals surface area contributed by atoms with E-state index in [4.69, 9.17) is 0 Å². The van der Waals surface area contributed by atoms with Gasteiger partial charge >= 0.3 is 0 Å². The van der Waals surface area contributed by atoms with Gasteiger partial charge in [-0.15, -0.1) is 0 Å². The highest BCUT2D eigenvalue weighted by Crippen LogP contribution is 2.19. The summed E-state index contributed by atoms with van der Waals surface area (Å²) in [7, 11) is 0. The van der Waals surface area contributed by atoms with Crippen LogP contribution >= 0.6 is 0 Å². The second kappa shape index (κ2) is 5.22. The molecule has 0 aliphatic heterocycles. The first kappa shape index (κ1) is 10.5. The van der Waals surface area contributed by atoms with Gasteiger partial charge in [0.05, 0.1) is 6.67 Å². The number of halogens is 3. The lowest BCUT2D eigenvalue weighted by atomic mass is 10.1. The zero-order valence-electron chi connectivity index (χ0n) is 6.54. The Bertz CT molecular complexity index is 136. The second-order valence-corrected chi connectivity index (χ2v) is 2.23. The van der Waals surface area contributed by atoms with E-state index < -0.39 is 18.7 Å². The van der Waals surface area contributed by atoms with E-state index in [0.717, 1.165) is 0 Å². The summed E-state index contributed by atoms with van der Waals surface area (Å²) < 4.78 is 36.7. The summed E-state index contributed by atoms with van der Waals surface area (Å²) in [6, 6.07) is 0. The molecule has 0 aromatic carbocycles. The highest BCUT2D eigenvalue weighted by Gasteiger charge is 2.13. The summed E-state index contributed by atoms with van der Waals surface area (Å²) in [6.45, 7) is 3.81. The van der Waals surface area contributed by atoms with E-state index in [2.05, 4.69) is 6.92 Å². The summed E-state index contributed by atoms with van der Waals surface area (Å²) in [4.78, 5) is 0. The smallest absolute Gasteiger partial charge is 0.126 e. The van der Waals surface area contributed by atoms with Crippen LogP contribution in [0.2, 0.25) is 0 Å². The molecule has 0 saturated carbocycles. The Kier molecular flexibility index (Phi) is 4.99. The van der Waals surface area contributed by atoms with Gasteiger partial charge in [0.15, 0.2) is 0 Å². The van der Waals surface area contributed by atoms with Gasteiger partial charge in [-0.3, -0.25) is 4.39 Å². The Morgan fingerprint density at radius 1 is 1.55 bits per heavy atom. The van der Waals surface area contributed by atoms with Crippen molar-refractivity contribution in [2.45, 2.75) is 25.9 Å². The van der Waals surface area contributed by atoms with Crippen LogP contribution in [-0.2, 0) is 0 Å². The fourth-order valence-electron chi connectivity index (χ4n) is 0.853. The van der Waals surface area contributed by atoms with E-state index >= 15 is 0 Å². The molecule has 0 N–H and O–H groups in total. The van der Waals surface area contributed by atoms with Gasteiger partial charge < -0.3 is 0 Å². The van der Waals surface area contributed by atoms with E-state index in [1.54, 1.807) is 6.92 Å². The van der Waals surface area contributed by atoms with Gasteiger partial charge in [-0.1, -0.05) is 6.92 Å². The SMILES string of the molecule is [CH2]/C(F)=C(\CC)C(F)CCF. The van der Waals surface area contributed by atoms with E-state index in [0.29, 0.717) is 0 Å². The van der Waals surface area contributed by atoms with Crippen LogP contribution in [0.25, 0.3) is 0 Å². The summed E-state index contributed by atoms with van der Waals surface area (Å²) in [5.74, 6) is -0.770. The second-order valence-electron chi connectivity index (χ2n) is 2.23. The van der Waals surface area contributed by atoms with Crippen molar-refractivity contribution in [2.24, 2.45) is 0 Å². The Labute approximate surface area is 65.1 Å². The molecule has 0 fully saturated rings. The van der Waals surface area contributed by atoms with Crippen molar-refractivity contribution >= 4 is 0 Å². The largest absolute Gasteiger partial charge is 0.251 e. The lowest BCUT2D eigenvalue weighted by Gasteiger charge is -2.08. The van der Waals surface area contributed by atoms with Gasteiger partial charge in [0.2, 0.25) is 0 Å². The number of rotatable bonds is 4. The van der Waals surface area contributed by atoms with Crippen LogP contribution in [-0.4, -0.2) is 12.8 Å². The topological polar surface area (TPSA) is 0 Å². The van der Waals surface area contributed by atoms with Gasteiger partial charge in [0.25, 0.3) is 0 Å². The Balaban J connectivity index is 4.15. The van der Waals surface area contributed by atoms with E-state index in [-0.39, 0.29) is 18.4 Å². The molecule has 0 aromatic rings. The van der Waals surface area contributed by atoms with Gasteiger partial charge in [-0.2, -0.15) is 0 Å². The van der Waals surface area contributed by atoms with Crippen molar-refractivity contribution in [3.05, 3.63) is 18.3 Å². The van der Waals surface area contributed by atoms with Crippen LogP contribution in [0.5, 0.6) is 0 Å². The molecule has 0 aromatic heterocycles. The van der Waals surface area contributed by atoms with Gasteiger partial charge in [-0.25, -0.2) is 8.78 Å². The molecule has 0 saturated heterocycles. The first-order valence-electron chi connectivity index (χ1n) is 3.54. The lowest BCUT2D eigenvalue weighted by molar-refractivity contribution is 0.310. The minimum absolute atomic E-state index is 0.0253. The van der Waals surface area contributed by atoms with Crippen LogP contribution in [0.3, 0.4) is 0 Å². The number of alkyl halides is 2. The van der Waals surface area contributed by atoms with Crippen LogP contribution < -0.4 is 0 Å². The molecule has 3 heteroatoms. The van der Waals surface area contributed by atoms with E-state index in [1.807, 2.05) is 0 Å². The average Bonchev–Trinajstić information content (AvgIpc) is 1.88. The summed E-state index contributed by atoms with van der Waals surface area (Å²) in [5.41, 5.74) is -0.0253. The molecule has 0 heterocycles.